The van der Waals surface area contributed by atoms with Gasteiger partial charge in [-0.25, -0.2) is 0 Å². The van der Waals surface area contributed by atoms with E-state index in [0.29, 0.717) is 6.54 Å². The molecule has 0 bridgehead atoms. The molecule has 0 spiro atoms. The number of aryl methyl sites for hydroxylation is 2. The van der Waals surface area contributed by atoms with Gasteiger partial charge in [0.15, 0.2) is 0 Å². The molecule has 0 amide bonds. The van der Waals surface area contributed by atoms with Gasteiger partial charge >= 0.3 is 0 Å². The number of H-pyrrole nitrogens is 1. The molecule has 19 heavy (non-hydrogen) atoms. The first kappa shape index (κ1) is 12.0. The Labute approximate surface area is 113 Å². The number of nitrogens with one attached hydrogen (secondary N) is 1. The van der Waals surface area contributed by atoms with Gasteiger partial charge in [-0.15, -0.1) is 0 Å². The average Bonchev–Trinajstić information content (AvgIpc) is 2.80. The van der Waals surface area contributed by atoms with Crippen LogP contribution in [-0.4, -0.2) is 4.98 Å². The van der Waals surface area contributed by atoms with Crippen molar-refractivity contribution >= 4 is 10.9 Å². The molecule has 2 nitrogen and oxygen atoms in total. The summed E-state index contributed by atoms with van der Waals surface area (Å²) in [4.78, 5) is 3.50. The van der Waals surface area contributed by atoms with Gasteiger partial charge in [0, 0.05) is 17.4 Å². The summed E-state index contributed by atoms with van der Waals surface area (Å²) in [6.07, 6.45) is 0. The fourth-order valence-electron chi connectivity index (χ4n) is 2.56. The van der Waals surface area contributed by atoms with Crippen LogP contribution in [0.15, 0.2) is 42.5 Å². The number of benzene rings is 2. The lowest BCUT2D eigenvalue weighted by molar-refractivity contribution is 1.09. The third kappa shape index (κ3) is 1.94. The molecule has 0 saturated carbocycles. The standard InChI is InChI=1S/C17H18N2/c1-11-7-8-13(9-12(11)2)17-15(10-18)14-5-3-4-6-16(14)19-17/h3-9,19H,10,18H2,1-2H3. The first-order chi connectivity index (χ1) is 9.20. The molecule has 3 rings (SSSR count). The quantitative estimate of drug-likeness (QED) is 0.711. The SMILES string of the molecule is Cc1ccc(-c2[nH]c3ccccc3c2CN)cc1C. The largest absolute Gasteiger partial charge is 0.354 e. The summed E-state index contributed by atoms with van der Waals surface area (Å²) in [7, 11) is 0. The van der Waals surface area contributed by atoms with Gasteiger partial charge in [0.1, 0.15) is 0 Å². The zero-order valence-corrected chi connectivity index (χ0v) is 11.3. The smallest absolute Gasteiger partial charge is 0.0510 e. The van der Waals surface area contributed by atoms with Gasteiger partial charge in [0.2, 0.25) is 0 Å². The van der Waals surface area contributed by atoms with E-state index >= 15 is 0 Å². The van der Waals surface area contributed by atoms with Crippen LogP contribution in [0.5, 0.6) is 0 Å². The molecule has 0 aliphatic rings. The Balaban J connectivity index is 2.26. The lowest BCUT2D eigenvalue weighted by Gasteiger charge is -2.06. The van der Waals surface area contributed by atoms with Crippen molar-refractivity contribution in [3.05, 3.63) is 59.2 Å². The van der Waals surface area contributed by atoms with Crippen molar-refractivity contribution in [2.75, 3.05) is 0 Å². The van der Waals surface area contributed by atoms with Crippen LogP contribution in [0, 0.1) is 13.8 Å². The number of aromatic nitrogens is 1. The summed E-state index contributed by atoms with van der Waals surface area (Å²) in [5, 5.41) is 1.22. The average molecular weight is 250 g/mol. The topological polar surface area (TPSA) is 41.8 Å². The highest BCUT2D eigenvalue weighted by Gasteiger charge is 2.11. The van der Waals surface area contributed by atoms with Gasteiger partial charge in [-0.3, -0.25) is 0 Å². The Morgan fingerprint density at radius 1 is 1.00 bits per heavy atom. The molecule has 2 aromatic carbocycles. The molecule has 0 aliphatic heterocycles. The maximum absolute atomic E-state index is 5.95. The number of hydrogen-bond acceptors (Lipinski definition) is 1. The van der Waals surface area contributed by atoms with Crippen molar-refractivity contribution in [3.63, 3.8) is 0 Å². The molecule has 0 aliphatic carbocycles. The lowest BCUT2D eigenvalue weighted by atomic mass is 10.0. The summed E-state index contributed by atoms with van der Waals surface area (Å²) >= 11 is 0. The van der Waals surface area contributed by atoms with E-state index in [4.69, 9.17) is 5.73 Å². The van der Waals surface area contributed by atoms with Gasteiger partial charge < -0.3 is 10.7 Å². The van der Waals surface area contributed by atoms with Crippen LogP contribution in [-0.2, 0) is 6.54 Å². The Morgan fingerprint density at radius 2 is 1.79 bits per heavy atom. The molecule has 0 radical (unpaired) electrons. The van der Waals surface area contributed by atoms with E-state index in [0.717, 1.165) is 11.2 Å². The molecular formula is C17H18N2. The molecule has 0 saturated heterocycles. The maximum Gasteiger partial charge on any atom is 0.0510 e. The predicted molar refractivity (Wildman–Crippen MR) is 81.1 cm³/mol. The van der Waals surface area contributed by atoms with Crippen LogP contribution >= 0.6 is 0 Å². The molecule has 96 valence electrons. The number of nitrogens with two attached hydrogens (primary N) is 1. The van der Waals surface area contributed by atoms with Gasteiger partial charge in [0.05, 0.1) is 5.69 Å². The summed E-state index contributed by atoms with van der Waals surface area (Å²) in [5.41, 5.74) is 13.3. The van der Waals surface area contributed by atoms with Crippen molar-refractivity contribution in [1.29, 1.82) is 0 Å². The molecule has 3 aromatic rings. The van der Waals surface area contributed by atoms with E-state index in [1.165, 1.54) is 27.6 Å². The number of para-hydroxylation sites is 1. The molecule has 0 atom stereocenters. The van der Waals surface area contributed by atoms with E-state index in [9.17, 15) is 0 Å². The minimum Gasteiger partial charge on any atom is -0.354 e. The monoisotopic (exact) mass is 250 g/mol. The molecule has 1 heterocycles. The number of fused-ring (bicyclic) bond motifs is 1. The highest BCUT2D eigenvalue weighted by molar-refractivity contribution is 5.90. The second kappa shape index (κ2) is 4.56. The first-order valence-corrected chi connectivity index (χ1v) is 6.58. The fraction of sp³-hybridized carbons (Fsp3) is 0.176. The van der Waals surface area contributed by atoms with Crippen molar-refractivity contribution in [2.45, 2.75) is 20.4 Å². The highest BCUT2D eigenvalue weighted by atomic mass is 14.7. The van der Waals surface area contributed by atoms with E-state index in [1.807, 2.05) is 6.07 Å². The Bertz CT molecular complexity index is 738. The predicted octanol–water partition coefficient (Wildman–Crippen LogP) is 3.91. The normalized spacial score (nSPS) is 11.1. The summed E-state index contributed by atoms with van der Waals surface area (Å²) in [6, 6.07) is 14.9. The van der Waals surface area contributed by atoms with Gasteiger partial charge in [-0.1, -0.05) is 30.3 Å². The highest BCUT2D eigenvalue weighted by Crippen LogP contribution is 2.30. The zero-order chi connectivity index (χ0) is 13.4. The Hall–Kier alpha value is -2.06. The third-order valence-corrected chi connectivity index (χ3v) is 3.81. The van der Waals surface area contributed by atoms with Crippen molar-refractivity contribution in [1.82, 2.24) is 4.98 Å². The van der Waals surface area contributed by atoms with Crippen molar-refractivity contribution in [3.8, 4) is 11.3 Å². The molecular weight excluding hydrogens is 232 g/mol. The fourth-order valence-corrected chi connectivity index (χ4v) is 2.56. The van der Waals surface area contributed by atoms with E-state index < -0.39 is 0 Å². The van der Waals surface area contributed by atoms with Crippen LogP contribution in [0.3, 0.4) is 0 Å². The molecule has 1 aromatic heterocycles. The van der Waals surface area contributed by atoms with Gasteiger partial charge in [-0.2, -0.15) is 0 Å². The Morgan fingerprint density at radius 3 is 2.53 bits per heavy atom. The second-order valence-corrected chi connectivity index (χ2v) is 5.03. The van der Waals surface area contributed by atoms with Crippen molar-refractivity contribution < 1.29 is 0 Å². The summed E-state index contributed by atoms with van der Waals surface area (Å²) < 4.78 is 0. The minimum atomic E-state index is 0.548. The molecule has 0 fully saturated rings. The number of aromatic amines is 1. The van der Waals surface area contributed by atoms with Crippen LogP contribution in [0.25, 0.3) is 22.2 Å². The van der Waals surface area contributed by atoms with Crippen LogP contribution in [0.1, 0.15) is 16.7 Å². The van der Waals surface area contributed by atoms with Crippen LogP contribution in [0.4, 0.5) is 0 Å². The summed E-state index contributed by atoms with van der Waals surface area (Å²) in [5.74, 6) is 0. The lowest BCUT2D eigenvalue weighted by Crippen LogP contribution is -1.97. The van der Waals surface area contributed by atoms with E-state index in [1.54, 1.807) is 0 Å². The molecule has 3 N–H and O–H groups in total. The van der Waals surface area contributed by atoms with Gasteiger partial charge in [0.25, 0.3) is 0 Å². The second-order valence-electron chi connectivity index (χ2n) is 5.03. The first-order valence-electron chi connectivity index (χ1n) is 6.58. The van der Waals surface area contributed by atoms with E-state index in [2.05, 4.69) is 55.2 Å². The van der Waals surface area contributed by atoms with Crippen LogP contribution in [0.2, 0.25) is 0 Å². The maximum atomic E-state index is 5.95. The third-order valence-electron chi connectivity index (χ3n) is 3.81. The van der Waals surface area contributed by atoms with Crippen molar-refractivity contribution in [2.24, 2.45) is 5.73 Å². The minimum absolute atomic E-state index is 0.548. The molecule has 0 unspecified atom stereocenters. The van der Waals surface area contributed by atoms with Crippen LogP contribution < -0.4 is 5.73 Å². The summed E-state index contributed by atoms with van der Waals surface area (Å²) in [6.45, 7) is 4.82. The zero-order valence-electron chi connectivity index (χ0n) is 11.3. The molecule has 2 heteroatoms. The number of rotatable bonds is 2. The number of hydrogen-bond donors (Lipinski definition) is 2. The van der Waals surface area contributed by atoms with Gasteiger partial charge in [-0.05, 0) is 48.2 Å². The Kier molecular flexibility index (Phi) is 2.88. The van der Waals surface area contributed by atoms with E-state index in [-0.39, 0.29) is 0 Å².